The topological polar surface area (TPSA) is 94.7 Å². The highest BCUT2D eigenvalue weighted by atomic mass is 35.5. The summed E-state index contributed by atoms with van der Waals surface area (Å²) in [5, 5.41) is 12.5. The Hall–Kier alpha value is -1.66. The largest absolute Gasteiger partial charge is 0.333 e. The summed E-state index contributed by atoms with van der Waals surface area (Å²) < 4.78 is 26.9. The van der Waals surface area contributed by atoms with Crippen LogP contribution in [0, 0.1) is 11.3 Å². The molecule has 1 aromatic carbocycles. The van der Waals surface area contributed by atoms with E-state index in [9.17, 15) is 18.5 Å². The van der Waals surface area contributed by atoms with Crippen molar-refractivity contribution in [3.63, 3.8) is 0 Å². The van der Waals surface area contributed by atoms with Crippen molar-refractivity contribution in [2.45, 2.75) is 36.1 Å². The highest BCUT2D eigenvalue weighted by molar-refractivity contribution is 7.89. The lowest BCUT2D eigenvalue weighted by Crippen LogP contribution is -3.16. The monoisotopic (exact) mass is 411 g/mol. The molecule has 3 rings (SSSR count). The van der Waals surface area contributed by atoms with E-state index in [2.05, 4.69) is 11.4 Å². The van der Waals surface area contributed by atoms with Crippen LogP contribution < -0.4 is 10.2 Å². The van der Waals surface area contributed by atoms with E-state index in [1.165, 1.54) is 10.4 Å². The zero-order valence-electron chi connectivity index (χ0n) is 15.1. The van der Waals surface area contributed by atoms with E-state index >= 15 is 0 Å². The van der Waals surface area contributed by atoms with Crippen molar-refractivity contribution in [1.29, 1.82) is 5.26 Å². The lowest BCUT2D eigenvalue weighted by Gasteiger charge is -2.32. The van der Waals surface area contributed by atoms with E-state index < -0.39 is 15.6 Å². The van der Waals surface area contributed by atoms with Gasteiger partial charge < -0.3 is 10.2 Å². The zero-order valence-corrected chi connectivity index (χ0v) is 16.7. The van der Waals surface area contributed by atoms with Crippen molar-refractivity contribution in [2.24, 2.45) is 0 Å². The van der Waals surface area contributed by atoms with Crippen molar-refractivity contribution >= 4 is 27.5 Å². The van der Waals surface area contributed by atoms with E-state index in [1.807, 2.05) is 0 Å². The van der Waals surface area contributed by atoms with E-state index in [-0.39, 0.29) is 22.4 Å². The molecule has 0 radical (unpaired) electrons. The molecule has 1 amide bonds. The van der Waals surface area contributed by atoms with Gasteiger partial charge in [0.25, 0.3) is 5.91 Å². The summed E-state index contributed by atoms with van der Waals surface area (Å²) in [6.45, 7) is 2.00. The van der Waals surface area contributed by atoms with E-state index in [0.717, 1.165) is 17.7 Å². The number of carbonyl (C=O) groups excluding carboxylic acids is 1. The first-order chi connectivity index (χ1) is 12.9. The van der Waals surface area contributed by atoms with Gasteiger partial charge in [-0.2, -0.15) is 9.57 Å². The van der Waals surface area contributed by atoms with Crippen molar-refractivity contribution in [2.75, 3.05) is 32.7 Å². The van der Waals surface area contributed by atoms with Crippen molar-refractivity contribution in [3.8, 4) is 6.07 Å². The molecule has 0 spiro atoms. The molecule has 2 aliphatic rings. The number of quaternary nitrogens is 1. The van der Waals surface area contributed by atoms with E-state index in [1.54, 1.807) is 18.2 Å². The molecule has 0 bridgehead atoms. The number of nitrogens with one attached hydrogen (secondary N) is 2. The number of sulfonamides is 1. The summed E-state index contributed by atoms with van der Waals surface area (Å²) >= 11 is 6.04. The Balaban J connectivity index is 1.55. The Labute approximate surface area is 164 Å². The third-order valence-corrected chi connectivity index (χ3v) is 7.74. The van der Waals surface area contributed by atoms with Gasteiger partial charge in [-0.1, -0.05) is 23.7 Å². The maximum absolute atomic E-state index is 12.8. The number of nitrogens with zero attached hydrogens (tertiary/aromatic N) is 2. The molecule has 1 aliphatic heterocycles. The lowest BCUT2D eigenvalue weighted by molar-refractivity contribution is -0.895. The van der Waals surface area contributed by atoms with Crippen molar-refractivity contribution < 1.29 is 18.1 Å². The molecule has 1 aliphatic carbocycles. The molecule has 27 heavy (non-hydrogen) atoms. The van der Waals surface area contributed by atoms with Crippen LogP contribution in [-0.4, -0.2) is 56.9 Å². The molecule has 1 saturated carbocycles. The highest BCUT2D eigenvalue weighted by Gasteiger charge is 2.37. The second-order valence-electron chi connectivity index (χ2n) is 7.21. The maximum Gasteiger partial charge on any atom is 0.276 e. The predicted molar refractivity (Wildman–Crippen MR) is 101 cm³/mol. The molecule has 0 aromatic heterocycles. The van der Waals surface area contributed by atoms with Crippen LogP contribution in [0.15, 0.2) is 29.2 Å². The summed E-state index contributed by atoms with van der Waals surface area (Å²) in [6, 6.07) is 8.67. The van der Waals surface area contributed by atoms with Crippen LogP contribution >= 0.6 is 11.6 Å². The second-order valence-corrected chi connectivity index (χ2v) is 9.52. The van der Waals surface area contributed by atoms with Gasteiger partial charge in [0, 0.05) is 0 Å². The van der Waals surface area contributed by atoms with Gasteiger partial charge in [0.05, 0.1) is 37.3 Å². The molecule has 0 atom stereocenters. The van der Waals surface area contributed by atoms with E-state index in [4.69, 9.17) is 11.6 Å². The minimum absolute atomic E-state index is 0.116. The van der Waals surface area contributed by atoms with Gasteiger partial charge in [-0.3, -0.25) is 4.79 Å². The SMILES string of the molecule is N#CC1(NC(=O)C[NH+]2CCN(S(=O)(=O)c3ccccc3Cl)CC2)CCCC1. The van der Waals surface area contributed by atoms with Crippen LogP contribution in [0.25, 0.3) is 0 Å². The highest BCUT2D eigenvalue weighted by Crippen LogP contribution is 2.28. The molecule has 1 saturated heterocycles. The van der Waals surface area contributed by atoms with Gasteiger partial charge in [0.15, 0.2) is 6.54 Å². The molecule has 9 heteroatoms. The molecular weight excluding hydrogens is 388 g/mol. The quantitative estimate of drug-likeness (QED) is 0.722. The summed E-state index contributed by atoms with van der Waals surface area (Å²) in [5.41, 5.74) is -0.717. The number of piperazine rings is 1. The summed E-state index contributed by atoms with van der Waals surface area (Å²) in [5.74, 6) is -0.143. The van der Waals surface area contributed by atoms with Crippen molar-refractivity contribution in [3.05, 3.63) is 29.3 Å². The Morgan fingerprint density at radius 1 is 1.26 bits per heavy atom. The minimum atomic E-state index is -3.63. The Kier molecular flexibility index (Phi) is 6.06. The fourth-order valence-electron chi connectivity index (χ4n) is 3.79. The third kappa shape index (κ3) is 4.43. The van der Waals surface area contributed by atoms with Crippen molar-refractivity contribution in [1.82, 2.24) is 9.62 Å². The fourth-order valence-corrected chi connectivity index (χ4v) is 5.73. The standard InChI is InChI=1S/C18H23ClN4O3S/c19-15-5-1-2-6-16(15)27(25,26)23-11-9-22(10-12-23)13-17(24)21-18(14-20)7-3-4-8-18/h1-2,5-6H,3-4,7-13H2,(H,21,24)/p+1. The Morgan fingerprint density at radius 3 is 2.48 bits per heavy atom. The Morgan fingerprint density at radius 2 is 1.89 bits per heavy atom. The Bertz CT molecular complexity index is 838. The first-order valence-corrected chi connectivity index (χ1v) is 11.0. The average Bonchev–Trinajstić information content (AvgIpc) is 3.11. The average molecular weight is 412 g/mol. The van der Waals surface area contributed by atoms with Gasteiger partial charge in [-0.05, 0) is 37.8 Å². The van der Waals surface area contributed by atoms with Crippen LogP contribution in [0.1, 0.15) is 25.7 Å². The number of amides is 1. The maximum atomic E-state index is 12.8. The predicted octanol–water partition coefficient (Wildman–Crippen LogP) is 0.182. The first kappa shape index (κ1) is 20.1. The van der Waals surface area contributed by atoms with E-state index in [0.29, 0.717) is 39.0 Å². The van der Waals surface area contributed by atoms with Crippen LogP contribution in [0.3, 0.4) is 0 Å². The number of rotatable bonds is 5. The van der Waals surface area contributed by atoms with Crippen LogP contribution in [0.4, 0.5) is 0 Å². The fraction of sp³-hybridized carbons (Fsp3) is 0.556. The lowest BCUT2D eigenvalue weighted by atomic mass is 10.00. The minimum Gasteiger partial charge on any atom is -0.333 e. The summed E-state index contributed by atoms with van der Waals surface area (Å²) in [4.78, 5) is 13.5. The number of hydrogen-bond donors (Lipinski definition) is 2. The zero-order chi connectivity index (χ0) is 19.5. The smallest absolute Gasteiger partial charge is 0.276 e. The number of carbonyl (C=O) groups is 1. The van der Waals surface area contributed by atoms with Crippen LogP contribution in [0.2, 0.25) is 5.02 Å². The van der Waals surface area contributed by atoms with Crippen LogP contribution in [0.5, 0.6) is 0 Å². The molecule has 7 nitrogen and oxygen atoms in total. The second kappa shape index (κ2) is 8.15. The van der Waals surface area contributed by atoms with Gasteiger partial charge in [-0.15, -0.1) is 0 Å². The number of halogens is 1. The molecule has 2 N–H and O–H groups in total. The molecule has 0 unspecified atom stereocenters. The number of nitriles is 1. The first-order valence-electron chi connectivity index (χ1n) is 9.17. The normalized spacial score (nSPS) is 20.9. The molecule has 146 valence electrons. The number of hydrogen-bond acceptors (Lipinski definition) is 4. The molecule has 2 fully saturated rings. The summed E-state index contributed by atoms with van der Waals surface area (Å²) in [7, 11) is -3.63. The molecule has 1 aromatic rings. The number of benzene rings is 1. The third-order valence-electron chi connectivity index (χ3n) is 5.34. The van der Waals surface area contributed by atoms with Gasteiger partial charge in [0.1, 0.15) is 10.4 Å². The van der Waals surface area contributed by atoms with Gasteiger partial charge >= 0.3 is 0 Å². The van der Waals surface area contributed by atoms with Crippen LogP contribution in [-0.2, 0) is 14.8 Å². The molecule has 1 heterocycles. The van der Waals surface area contributed by atoms with Gasteiger partial charge in [-0.25, -0.2) is 8.42 Å². The van der Waals surface area contributed by atoms with Gasteiger partial charge in [0.2, 0.25) is 10.0 Å². The summed E-state index contributed by atoms with van der Waals surface area (Å²) in [6.07, 6.45) is 3.32. The molecular formula is C18H24ClN4O3S+.